The van der Waals surface area contributed by atoms with Crippen LogP contribution >= 0.6 is 11.6 Å². The van der Waals surface area contributed by atoms with Crippen molar-refractivity contribution in [3.05, 3.63) is 34.9 Å². The Morgan fingerprint density at radius 2 is 2.00 bits per heavy atom. The molecule has 0 fully saturated rings. The van der Waals surface area contributed by atoms with Crippen molar-refractivity contribution in [2.45, 2.75) is 19.8 Å². The van der Waals surface area contributed by atoms with E-state index in [-0.39, 0.29) is 0 Å². The van der Waals surface area contributed by atoms with Gasteiger partial charge in [0, 0.05) is 18.2 Å². The molecule has 0 aliphatic carbocycles. The average molecular weight is 256 g/mol. The summed E-state index contributed by atoms with van der Waals surface area (Å²) in [5.74, 6) is 0.618. The first-order chi connectivity index (χ1) is 8.26. The summed E-state index contributed by atoms with van der Waals surface area (Å²) in [5.41, 5.74) is 1.34. The molecule has 1 unspecified atom stereocenters. The zero-order chi connectivity index (χ0) is 12.5. The molecule has 0 aliphatic heterocycles. The highest BCUT2D eigenvalue weighted by atomic mass is 35.5. The maximum Gasteiger partial charge on any atom is 0.0469 e. The van der Waals surface area contributed by atoms with Gasteiger partial charge >= 0.3 is 0 Å². The van der Waals surface area contributed by atoms with Gasteiger partial charge in [0.15, 0.2) is 0 Å². The van der Waals surface area contributed by atoms with Crippen molar-refractivity contribution in [3.8, 4) is 0 Å². The normalized spacial score (nSPS) is 12.6. The van der Waals surface area contributed by atoms with E-state index < -0.39 is 0 Å². The fourth-order valence-electron chi connectivity index (χ4n) is 1.91. The second-order valence-corrected chi connectivity index (χ2v) is 4.68. The van der Waals surface area contributed by atoms with E-state index in [1.807, 2.05) is 26.1 Å². The minimum absolute atomic E-state index is 0.618. The minimum Gasteiger partial charge on any atom is -0.382 e. The SMILES string of the molecule is CCOCCC(CNC)Cc1ccc(Cl)cc1. The minimum atomic E-state index is 0.618. The lowest BCUT2D eigenvalue weighted by Crippen LogP contribution is -2.22. The van der Waals surface area contributed by atoms with Gasteiger partial charge in [0.2, 0.25) is 0 Å². The summed E-state index contributed by atoms with van der Waals surface area (Å²) in [6, 6.07) is 8.11. The second-order valence-electron chi connectivity index (χ2n) is 4.24. The van der Waals surface area contributed by atoms with E-state index in [1.165, 1.54) is 5.56 Å². The van der Waals surface area contributed by atoms with Gasteiger partial charge in [-0.1, -0.05) is 23.7 Å². The lowest BCUT2D eigenvalue weighted by molar-refractivity contribution is 0.132. The molecule has 96 valence electrons. The molecule has 0 saturated heterocycles. The summed E-state index contributed by atoms with van der Waals surface area (Å²) in [7, 11) is 2.00. The largest absolute Gasteiger partial charge is 0.382 e. The van der Waals surface area contributed by atoms with Crippen molar-refractivity contribution in [3.63, 3.8) is 0 Å². The molecule has 1 aromatic rings. The van der Waals surface area contributed by atoms with Crippen molar-refractivity contribution >= 4 is 11.6 Å². The number of benzene rings is 1. The van der Waals surface area contributed by atoms with E-state index >= 15 is 0 Å². The van der Waals surface area contributed by atoms with Crippen molar-refractivity contribution < 1.29 is 4.74 Å². The lowest BCUT2D eigenvalue weighted by atomic mass is 9.96. The molecule has 3 heteroatoms. The first-order valence-corrected chi connectivity index (χ1v) is 6.60. The van der Waals surface area contributed by atoms with Crippen LogP contribution in [0.25, 0.3) is 0 Å². The highest BCUT2D eigenvalue weighted by Crippen LogP contribution is 2.15. The maximum absolute atomic E-state index is 5.88. The summed E-state index contributed by atoms with van der Waals surface area (Å²) in [5, 5.41) is 4.04. The van der Waals surface area contributed by atoms with Gasteiger partial charge in [-0.3, -0.25) is 0 Å². The second kappa shape index (κ2) is 8.51. The predicted molar refractivity (Wildman–Crippen MR) is 73.7 cm³/mol. The van der Waals surface area contributed by atoms with Gasteiger partial charge in [0.1, 0.15) is 0 Å². The quantitative estimate of drug-likeness (QED) is 0.721. The first kappa shape index (κ1) is 14.5. The Morgan fingerprint density at radius 3 is 2.59 bits per heavy atom. The van der Waals surface area contributed by atoms with Crippen molar-refractivity contribution in [2.75, 3.05) is 26.8 Å². The molecule has 0 aliphatic rings. The number of nitrogens with one attached hydrogen (secondary N) is 1. The van der Waals surface area contributed by atoms with Crippen LogP contribution in [0.15, 0.2) is 24.3 Å². The third-order valence-corrected chi connectivity index (χ3v) is 3.06. The van der Waals surface area contributed by atoms with Gasteiger partial charge in [-0.05, 0) is 57.0 Å². The molecule has 0 spiro atoms. The van der Waals surface area contributed by atoms with Gasteiger partial charge in [0.05, 0.1) is 0 Å². The Bertz CT molecular complexity index is 300. The van der Waals surface area contributed by atoms with E-state index in [0.29, 0.717) is 5.92 Å². The van der Waals surface area contributed by atoms with Crippen molar-refractivity contribution in [1.29, 1.82) is 0 Å². The van der Waals surface area contributed by atoms with Crippen molar-refractivity contribution in [1.82, 2.24) is 5.32 Å². The fourth-order valence-corrected chi connectivity index (χ4v) is 2.04. The smallest absolute Gasteiger partial charge is 0.0469 e. The van der Waals surface area contributed by atoms with Crippen LogP contribution in [-0.4, -0.2) is 26.8 Å². The Kier molecular flexibility index (Phi) is 7.25. The van der Waals surface area contributed by atoms with Gasteiger partial charge < -0.3 is 10.1 Å². The Morgan fingerprint density at radius 1 is 1.29 bits per heavy atom. The fraction of sp³-hybridized carbons (Fsp3) is 0.571. The van der Waals surface area contributed by atoms with Gasteiger partial charge in [0.25, 0.3) is 0 Å². The molecule has 0 amide bonds. The Labute approximate surface area is 109 Å². The van der Waals surface area contributed by atoms with Crippen LogP contribution in [-0.2, 0) is 11.2 Å². The van der Waals surface area contributed by atoms with Gasteiger partial charge in [-0.25, -0.2) is 0 Å². The topological polar surface area (TPSA) is 21.3 Å². The molecule has 1 rings (SSSR count). The van der Waals surface area contributed by atoms with Crippen molar-refractivity contribution in [2.24, 2.45) is 5.92 Å². The Hall–Kier alpha value is -0.570. The molecule has 0 bridgehead atoms. The third kappa shape index (κ3) is 6.06. The summed E-state index contributed by atoms with van der Waals surface area (Å²) in [6.07, 6.45) is 2.17. The molecule has 2 nitrogen and oxygen atoms in total. The van der Waals surface area contributed by atoms with Crippen LogP contribution in [0.4, 0.5) is 0 Å². The van der Waals surface area contributed by atoms with E-state index in [2.05, 4.69) is 17.4 Å². The average Bonchev–Trinajstić information content (AvgIpc) is 2.32. The highest BCUT2D eigenvalue weighted by Gasteiger charge is 2.08. The first-order valence-electron chi connectivity index (χ1n) is 6.23. The molecular formula is C14H22ClNO. The highest BCUT2D eigenvalue weighted by molar-refractivity contribution is 6.30. The summed E-state index contributed by atoms with van der Waals surface area (Å²) in [4.78, 5) is 0. The molecule has 0 saturated carbocycles. The number of halogens is 1. The van der Waals surface area contributed by atoms with Gasteiger partial charge in [-0.15, -0.1) is 0 Å². The van der Waals surface area contributed by atoms with E-state index in [4.69, 9.17) is 16.3 Å². The number of hydrogen-bond donors (Lipinski definition) is 1. The molecule has 0 radical (unpaired) electrons. The molecule has 1 aromatic carbocycles. The van der Waals surface area contributed by atoms with Crippen LogP contribution in [0.5, 0.6) is 0 Å². The number of ether oxygens (including phenoxy) is 1. The van der Waals surface area contributed by atoms with E-state index in [1.54, 1.807) is 0 Å². The molecule has 0 heterocycles. The monoisotopic (exact) mass is 255 g/mol. The molecule has 1 atom stereocenters. The zero-order valence-corrected chi connectivity index (χ0v) is 11.5. The molecule has 1 N–H and O–H groups in total. The lowest BCUT2D eigenvalue weighted by Gasteiger charge is -2.16. The predicted octanol–water partition coefficient (Wildman–Crippen LogP) is 3.14. The molecular weight excluding hydrogens is 234 g/mol. The maximum atomic E-state index is 5.88. The Balaban J connectivity index is 2.44. The molecule has 0 aromatic heterocycles. The molecule has 17 heavy (non-hydrogen) atoms. The van der Waals surface area contributed by atoms with Gasteiger partial charge in [-0.2, -0.15) is 0 Å². The van der Waals surface area contributed by atoms with E-state index in [0.717, 1.165) is 37.6 Å². The summed E-state index contributed by atoms with van der Waals surface area (Å²) >= 11 is 5.88. The van der Waals surface area contributed by atoms with Crippen LogP contribution in [0.2, 0.25) is 5.02 Å². The van der Waals surface area contributed by atoms with Crippen LogP contribution in [0.1, 0.15) is 18.9 Å². The standard InChI is InChI=1S/C14H22ClNO/c1-3-17-9-8-13(11-16-2)10-12-4-6-14(15)7-5-12/h4-7,13,16H,3,8-11H2,1-2H3. The number of rotatable bonds is 8. The van der Waals surface area contributed by atoms with Crippen LogP contribution in [0, 0.1) is 5.92 Å². The van der Waals surface area contributed by atoms with Crippen LogP contribution in [0.3, 0.4) is 0 Å². The third-order valence-electron chi connectivity index (χ3n) is 2.80. The van der Waals surface area contributed by atoms with E-state index in [9.17, 15) is 0 Å². The zero-order valence-electron chi connectivity index (χ0n) is 10.7. The summed E-state index contributed by atoms with van der Waals surface area (Å²) in [6.45, 7) is 4.70. The van der Waals surface area contributed by atoms with Crippen LogP contribution < -0.4 is 5.32 Å². The number of hydrogen-bond acceptors (Lipinski definition) is 2. The summed E-state index contributed by atoms with van der Waals surface area (Å²) < 4.78 is 5.42.